The zero-order chi connectivity index (χ0) is 16.1. The minimum Gasteiger partial charge on any atom is -0.462 e. The quantitative estimate of drug-likeness (QED) is 0.486. The molecule has 2 aromatic rings. The number of benzene rings is 1. The third kappa shape index (κ3) is 3.08. The Hall–Kier alpha value is -3.23. The zero-order valence-electron chi connectivity index (χ0n) is 11.6. The lowest BCUT2D eigenvalue weighted by molar-refractivity contribution is -0.383. The summed E-state index contributed by atoms with van der Waals surface area (Å²) < 4.78 is 4.94. The topological polar surface area (TPSA) is 133 Å². The Morgan fingerprint density at radius 2 is 2.14 bits per heavy atom. The maximum Gasteiger partial charge on any atom is 0.353 e. The van der Waals surface area contributed by atoms with Crippen molar-refractivity contribution in [1.29, 1.82) is 0 Å². The summed E-state index contributed by atoms with van der Waals surface area (Å²) in [4.78, 5) is 29.7. The number of carbonyl (C=O) groups excluding carboxylic acids is 1. The highest BCUT2D eigenvalue weighted by atomic mass is 16.6. The van der Waals surface area contributed by atoms with Crippen molar-refractivity contribution in [3.8, 4) is 0 Å². The standard InChI is InChI=1S/C13H13N5O4/c1-2-22-13(19)8-5-3-4-6-9(8)17-12-10(18(20)21)11(14)15-7-16-12/h3-7H,2H2,1H3,(H3,14,15,16,17). The Morgan fingerprint density at radius 3 is 2.82 bits per heavy atom. The van der Waals surface area contributed by atoms with E-state index < -0.39 is 16.6 Å². The molecule has 0 aliphatic rings. The zero-order valence-corrected chi connectivity index (χ0v) is 11.6. The first-order valence-electron chi connectivity index (χ1n) is 6.32. The van der Waals surface area contributed by atoms with Crippen molar-refractivity contribution in [2.75, 3.05) is 17.7 Å². The van der Waals surface area contributed by atoms with Crippen molar-refractivity contribution in [1.82, 2.24) is 9.97 Å². The average molecular weight is 303 g/mol. The molecule has 0 aliphatic carbocycles. The first-order valence-corrected chi connectivity index (χ1v) is 6.32. The third-order valence-corrected chi connectivity index (χ3v) is 2.71. The molecule has 0 saturated heterocycles. The van der Waals surface area contributed by atoms with E-state index in [0.717, 1.165) is 6.33 Å². The van der Waals surface area contributed by atoms with Crippen LogP contribution in [0.5, 0.6) is 0 Å². The Kier molecular flexibility index (Phi) is 4.47. The number of nitrogens with one attached hydrogen (secondary N) is 1. The number of carbonyl (C=O) groups is 1. The van der Waals surface area contributed by atoms with E-state index in [1.54, 1.807) is 25.1 Å². The molecule has 0 aliphatic heterocycles. The van der Waals surface area contributed by atoms with Crippen LogP contribution < -0.4 is 11.1 Å². The van der Waals surface area contributed by atoms with Gasteiger partial charge in [0.15, 0.2) is 0 Å². The van der Waals surface area contributed by atoms with Gasteiger partial charge < -0.3 is 15.8 Å². The van der Waals surface area contributed by atoms with Gasteiger partial charge in [-0.2, -0.15) is 0 Å². The molecule has 9 nitrogen and oxygen atoms in total. The van der Waals surface area contributed by atoms with Crippen molar-refractivity contribution in [2.24, 2.45) is 0 Å². The number of nitrogen functional groups attached to an aromatic ring is 1. The van der Waals surface area contributed by atoms with E-state index in [1.807, 2.05) is 0 Å². The highest BCUT2D eigenvalue weighted by Gasteiger charge is 2.22. The molecule has 0 spiro atoms. The van der Waals surface area contributed by atoms with E-state index in [1.165, 1.54) is 6.07 Å². The number of nitrogens with zero attached hydrogens (tertiary/aromatic N) is 3. The molecule has 1 aromatic heterocycles. The first kappa shape index (κ1) is 15.2. The number of hydrogen-bond acceptors (Lipinski definition) is 8. The molecule has 0 unspecified atom stereocenters. The van der Waals surface area contributed by atoms with Crippen LogP contribution in [0.3, 0.4) is 0 Å². The van der Waals surface area contributed by atoms with Crippen molar-refractivity contribution < 1.29 is 14.5 Å². The van der Waals surface area contributed by atoms with Crippen LogP contribution in [0.2, 0.25) is 0 Å². The van der Waals surface area contributed by atoms with Crippen LogP contribution in [0.25, 0.3) is 0 Å². The van der Waals surface area contributed by atoms with Crippen molar-refractivity contribution >= 4 is 29.0 Å². The molecule has 1 heterocycles. The molecule has 9 heteroatoms. The predicted octanol–water partition coefficient (Wildman–Crippen LogP) is 1.89. The summed E-state index contributed by atoms with van der Waals surface area (Å²) in [5.74, 6) is -0.916. The van der Waals surface area contributed by atoms with E-state index in [2.05, 4.69) is 15.3 Å². The summed E-state index contributed by atoms with van der Waals surface area (Å²) >= 11 is 0. The van der Waals surface area contributed by atoms with Gasteiger partial charge >= 0.3 is 11.7 Å². The number of nitrogens with two attached hydrogens (primary N) is 1. The van der Waals surface area contributed by atoms with E-state index >= 15 is 0 Å². The fraction of sp³-hybridized carbons (Fsp3) is 0.154. The lowest BCUT2D eigenvalue weighted by Crippen LogP contribution is -2.10. The van der Waals surface area contributed by atoms with Crippen LogP contribution >= 0.6 is 0 Å². The van der Waals surface area contributed by atoms with Gasteiger partial charge in [-0.1, -0.05) is 12.1 Å². The Balaban J connectivity index is 2.43. The summed E-state index contributed by atoms with van der Waals surface area (Å²) in [6.07, 6.45) is 1.09. The van der Waals surface area contributed by atoms with Crippen LogP contribution in [0, 0.1) is 10.1 Å². The molecule has 0 atom stereocenters. The number of ether oxygens (including phenoxy) is 1. The lowest BCUT2D eigenvalue weighted by Gasteiger charge is -2.11. The third-order valence-electron chi connectivity index (χ3n) is 2.71. The number of rotatable bonds is 5. The number of anilines is 3. The monoisotopic (exact) mass is 303 g/mol. The maximum absolute atomic E-state index is 11.9. The molecule has 0 saturated carbocycles. The Morgan fingerprint density at radius 1 is 1.41 bits per heavy atom. The number of para-hydroxylation sites is 1. The molecular formula is C13H13N5O4. The van der Waals surface area contributed by atoms with Crippen molar-refractivity contribution in [2.45, 2.75) is 6.92 Å². The minimum absolute atomic E-state index is 0.103. The fourth-order valence-corrected chi connectivity index (χ4v) is 1.77. The van der Waals surface area contributed by atoms with Gasteiger partial charge in [0.05, 0.1) is 22.8 Å². The lowest BCUT2D eigenvalue weighted by atomic mass is 10.2. The summed E-state index contributed by atoms with van der Waals surface area (Å²) in [5.41, 5.74) is 5.59. The van der Waals surface area contributed by atoms with Crippen LogP contribution in [0.4, 0.5) is 23.0 Å². The van der Waals surface area contributed by atoms with Crippen LogP contribution in [0.1, 0.15) is 17.3 Å². The van der Waals surface area contributed by atoms with Crippen LogP contribution in [0.15, 0.2) is 30.6 Å². The Bertz CT molecular complexity index is 719. The number of hydrogen-bond donors (Lipinski definition) is 2. The number of nitro groups is 1. The molecule has 22 heavy (non-hydrogen) atoms. The molecule has 2 rings (SSSR count). The highest BCUT2D eigenvalue weighted by molar-refractivity contribution is 5.96. The van der Waals surface area contributed by atoms with E-state index in [4.69, 9.17) is 10.5 Å². The van der Waals surface area contributed by atoms with Crippen LogP contribution in [-0.4, -0.2) is 27.5 Å². The van der Waals surface area contributed by atoms with Gasteiger partial charge in [0.1, 0.15) is 6.33 Å². The van der Waals surface area contributed by atoms with E-state index in [0.29, 0.717) is 5.69 Å². The molecular weight excluding hydrogens is 290 g/mol. The highest BCUT2D eigenvalue weighted by Crippen LogP contribution is 2.30. The summed E-state index contributed by atoms with van der Waals surface area (Å²) in [6, 6.07) is 6.44. The van der Waals surface area contributed by atoms with Gasteiger partial charge in [0.25, 0.3) is 0 Å². The number of esters is 1. The van der Waals surface area contributed by atoms with Gasteiger partial charge in [-0.05, 0) is 19.1 Å². The van der Waals surface area contributed by atoms with Gasteiger partial charge in [-0.15, -0.1) is 0 Å². The van der Waals surface area contributed by atoms with Crippen molar-refractivity contribution in [3.05, 3.63) is 46.3 Å². The molecule has 114 valence electrons. The largest absolute Gasteiger partial charge is 0.462 e. The normalized spacial score (nSPS) is 10.0. The SMILES string of the molecule is CCOC(=O)c1ccccc1Nc1ncnc(N)c1[N+](=O)[O-]. The van der Waals surface area contributed by atoms with Gasteiger partial charge in [-0.25, -0.2) is 14.8 Å². The van der Waals surface area contributed by atoms with Gasteiger partial charge in [0, 0.05) is 0 Å². The molecule has 0 fully saturated rings. The summed E-state index contributed by atoms with van der Waals surface area (Å²) in [6.45, 7) is 1.90. The maximum atomic E-state index is 11.9. The second-order valence-electron chi connectivity index (χ2n) is 4.10. The minimum atomic E-state index is -0.690. The van der Waals surface area contributed by atoms with E-state index in [9.17, 15) is 14.9 Å². The van der Waals surface area contributed by atoms with Crippen LogP contribution in [-0.2, 0) is 4.74 Å². The summed E-state index contributed by atoms with van der Waals surface area (Å²) in [7, 11) is 0. The molecule has 1 aromatic carbocycles. The van der Waals surface area contributed by atoms with Gasteiger partial charge in [0.2, 0.25) is 11.6 Å². The molecule has 0 radical (unpaired) electrons. The van der Waals surface area contributed by atoms with Gasteiger partial charge in [-0.3, -0.25) is 10.1 Å². The smallest absolute Gasteiger partial charge is 0.353 e. The molecule has 0 bridgehead atoms. The second-order valence-corrected chi connectivity index (χ2v) is 4.10. The van der Waals surface area contributed by atoms with E-state index in [-0.39, 0.29) is 23.8 Å². The first-order chi connectivity index (χ1) is 10.5. The second kappa shape index (κ2) is 6.48. The fourth-order valence-electron chi connectivity index (χ4n) is 1.77. The molecule has 0 amide bonds. The van der Waals surface area contributed by atoms with Crippen molar-refractivity contribution in [3.63, 3.8) is 0 Å². The predicted molar refractivity (Wildman–Crippen MR) is 78.8 cm³/mol. The molecule has 3 N–H and O–H groups in total. The Labute approximate surface area is 125 Å². The number of aromatic nitrogens is 2. The average Bonchev–Trinajstić information content (AvgIpc) is 2.47. The summed E-state index contributed by atoms with van der Waals surface area (Å²) in [5, 5.41) is 13.8.